The maximum Gasteiger partial charge on any atom is 0.128 e. The molecule has 5 heteroatoms. The fourth-order valence-corrected chi connectivity index (χ4v) is 2.72. The van der Waals surface area contributed by atoms with Crippen LogP contribution in [0.15, 0.2) is 59.2 Å². The Kier molecular flexibility index (Phi) is 3.86. The van der Waals surface area contributed by atoms with E-state index >= 15 is 0 Å². The SMILES string of the molecule is NC(c1ccccc1)c1ncc(-c2ccc(F)cc2Br)[nH]1. The molecule has 3 aromatic rings. The van der Waals surface area contributed by atoms with Gasteiger partial charge in [-0.15, -0.1) is 0 Å². The van der Waals surface area contributed by atoms with E-state index in [1.807, 2.05) is 30.3 Å². The minimum atomic E-state index is -0.320. The second kappa shape index (κ2) is 5.79. The molecule has 2 aromatic carbocycles. The molecule has 3 nitrogen and oxygen atoms in total. The van der Waals surface area contributed by atoms with Gasteiger partial charge < -0.3 is 10.7 Å². The second-order valence-electron chi connectivity index (χ2n) is 4.69. The summed E-state index contributed by atoms with van der Waals surface area (Å²) in [5.74, 6) is 0.388. The lowest BCUT2D eigenvalue weighted by Crippen LogP contribution is -2.13. The van der Waals surface area contributed by atoms with Crippen molar-refractivity contribution >= 4 is 15.9 Å². The molecule has 0 fully saturated rings. The third kappa shape index (κ3) is 2.89. The minimum absolute atomic E-state index is 0.286. The second-order valence-corrected chi connectivity index (χ2v) is 5.55. The lowest BCUT2D eigenvalue weighted by Gasteiger charge is -2.08. The van der Waals surface area contributed by atoms with Crippen LogP contribution in [0.1, 0.15) is 17.4 Å². The van der Waals surface area contributed by atoms with Crippen LogP contribution < -0.4 is 5.73 Å². The number of aromatic amines is 1. The van der Waals surface area contributed by atoms with Crippen molar-refractivity contribution in [1.82, 2.24) is 9.97 Å². The summed E-state index contributed by atoms with van der Waals surface area (Å²) < 4.78 is 13.8. The van der Waals surface area contributed by atoms with Gasteiger partial charge in [-0.3, -0.25) is 0 Å². The van der Waals surface area contributed by atoms with Gasteiger partial charge in [-0.25, -0.2) is 9.37 Å². The molecule has 21 heavy (non-hydrogen) atoms. The Hall–Kier alpha value is -1.98. The van der Waals surface area contributed by atoms with Crippen molar-refractivity contribution in [3.05, 3.63) is 76.4 Å². The van der Waals surface area contributed by atoms with E-state index in [0.29, 0.717) is 10.3 Å². The van der Waals surface area contributed by atoms with Crippen LogP contribution in [0.25, 0.3) is 11.3 Å². The van der Waals surface area contributed by atoms with Gasteiger partial charge in [-0.1, -0.05) is 30.3 Å². The highest BCUT2D eigenvalue weighted by Gasteiger charge is 2.14. The van der Waals surface area contributed by atoms with Crippen LogP contribution in [-0.4, -0.2) is 9.97 Å². The summed E-state index contributed by atoms with van der Waals surface area (Å²) in [7, 11) is 0. The van der Waals surface area contributed by atoms with Crippen molar-refractivity contribution in [2.75, 3.05) is 0 Å². The molecule has 0 radical (unpaired) electrons. The summed E-state index contributed by atoms with van der Waals surface area (Å²) in [6, 6.07) is 14.0. The van der Waals surface area contributed by atoms with Crippen LogP contribution >= 0.6 is 15.9 Å². The van der Waals surface area contributed by atoms with E-state index in [2.05, 4.69) is 25.9 Å². The number of hydrogen-bond acceptors (Lipinski definition) is 2. The Labute approximate surface area is 130 Å². The standard InChI is InChI=1S/C16H13BrFN3/c17-13-8-11(18)6-7-12(13)14-9-20-16(21-14)15(19)10-4-2-1-3-5-10/h1-9,15H,19H2,(H,20,21). The van der Waals surface area contributed by atoms with Crippen molar-refractivity contribution in [2.45, 2.75) is 6.04 Å². The van der Waals surface area contributed by atoms with Crippen LogP contribution in [0, 0.1) is 5.82 Å². The monoisotopic (exact) mass is 345 g/mol. The number of hydrogen-bond donors (Lipinski definition) is 2. The number of benzene rings is 2. The van der Waals surface area contributed by atoms with E-state index in [0.717, 1.165) is 16.8 Å². The number of rotatable bonds is 3. The van der Waals surface area contributed by atoms with Gasteiger partial charge in [-0.2, -0.15) is 0 Å². The van der Waals surface area contributed by atoms with Gasteiger partial charge in [0, 0.05) is 10.0 Å². The van der Waals surface area contributed by atoms with Crippen LogP contribution in [0.5, 0.6) is 0 Å². The molecule has 1 heterocycles. The number of nitrogens with two attached hydrogens (primary N) is 1. The molecule has 3 rings (SSSR count). The van der Waals surface area contributed by atoms with Gasteiger partial charge in [0.2, 0.25) is 0 Å². The molecule has 0 aliphatic carbocycles. The van der Waals surface area contributed by atoms with Gasteiger partial charge in [0.25, 0.3) is 0 Å². The molecule has 0 aliphatic heterocycles. The van der Waals surface area contributed by atoms with Crippen molar-refractivity contribution in [3.63, 3.8) is 0 Å². The quantitative estimate of drug-likeness (QED) is 0.752. The van der Waals surface area contributed by atoms with Crippen LogP contribution in [-0.2, 0) is 0 Å². The molecular formula is C16H13BrFN3. The Morgan fingerprint density at radius 2 is 1.90 bits per heavy atom. The first-order chi connectivity index (χ1) is 10.1. The summed E-state index contributed by atoms with van der Waals surface area (Å²) in [4.78, 5) is 7.54. The zero-order chi connectivity index (χ0) is 14.8. The molecule has 0 aliphatic rings. The average molecular weight is 346 g/mol. The van der Waals surface area contributed by atoms with Crippen LogP contribution in [0.3, 0.4) is 0 Å². The molecule has 0 amide bonds. The molecule has 0 spiro atoms. The Bertz CT molecular complexity index is 755. The number of H-pyrrole nitrogens is 1. The predicted molar refractivity (Wildman–Crippen MR) is 84.2 cm³/mol. The van der Waals surface area contributed by atoms with E-state index < -0.39 is 0 Å². The van der Waals surface area contributed by atoms with Crippen molar-refractivity contribution in [3.8, 4) is 11.3 Å². The molecule has 1 aromatic heterocycles. The molecule has 106 valence electrons. The van der Waals surface area contributed by atoms with Crippen molar-refractivity contribution in [2.24, 2.45) is 5.73 Å². The largest absolute Gasteiger partial charge is 0.340 e. The molecule has 0 saturated heterocycles. The van der Waals surface area contributed by atoms with E-state index in [4.69, 9.17) is 5.73 Å². The van der Waals surface area contributed by atoms with Crippen molar-refractivity contribution < 1.29 is 4.39 Å². The van der Waals surface area contributed by atoms with Crippen LogP contribution in [0.2, 0.25) is 0 Å². The number of imidazole rings is 1. The maximum absolute atomic E-state index is 13.1. The lowest BCUT2D eigenvalue weighted by atomic mass is 10.1. The maximum atomic E-state index is 13.1. The number of halogens is 2. The van der Waals surface area contributed by atoms with Gasteiger partial charge >= 0.3 is 0 Å². The number of nitrogens with one attached hydrogen (secondary N) is 1. The van der Waals surface area contributed by atoms with Crippen molar-refractivity contribution in [1.29, 1.82) is 0 Å². The summed E-state index contributed by atoms with van der Waals surface area (Å²) >= 11 is 3.36. The normalized spacial score (nSPS) is 12.3. The van der Waals surface area contributed by atoms with Gasteiger partial charge in [0.1, 0.15) is 11.6 Å². The Balaban J connectivity index is 1.93. The smallest absolute Gasteiger partial charge is 0.128 e. The van der Waals surface area contributed by atoms with E-state index in [1.54, 1.807) is 12.3 Å². The van der Waals surface area contributed by atoms with Gasteiger partial charge in [-0.05, 0) is 39.7 Å². The molecular weight excluding hydrogens is 333 g/mol. The predicted octanol–water partition coefficient (Wildman–Crippen LogP) is 4.03. The third-order valence-electron chi connectivity index (χ3n) is 3.27. The molecule has 3 N–H and O–H groups in total. The Morgan fingerprint density at radius 3 is 2.62 bits per heavy atom. The van der Waals surface area contributed by atoms with Crippen LogP contribution in [0.4, 0.5) is 4.39 Å². The molecule has 1 unspecified atom stereocenters. The highest BCUT2D eigenvalue weighted by atomic mass is 79.9. The van der Waals surface area contributed by atoms with E-state index in [9.17, 15) is 4.39 Å². The first-order valence-electron chi connectivity index (χ1n) is 6.46. The molecule has 0 bridgehead atoms. The first kappa shape index (κ1) is 14.0. The topological polar surface area (TPSA) is 54.7 Å². The lowest BCUT2D eigenvalue weighted by molar-refractivity contribution is 0.627. The van der Waals surface area contributed by atoms with E-state index in [1.165, 1.54) is 12.1 Å². The van der Waals surface area contributed by atoms with Gasteiger partial charge in [0.15, 0.2) is 0 Å². The minimum Gasteiger partial charge on any atom is -0.340 e. The average Bonchev–Trinajstić information content (AvgIpc) is 2.97. The fourth-order valence-electron chi connectivity index (χ4n) is 2.16. The third-order valence-corrected chi connectivity index (χ3v) is 3.93. The fraction of sp³-hybridized carbons (Fsp3) is 0.0625. The zero-order valence-corrected chi connectivity index (χ0v) is 12.6. The van der Waals surface area contributed by atoms with E-state index in [-0.39, 0.29) is 11.9 Å². The first-order valence-corrected chi connectivity index (χ1v) is 7.25. The summed E-state index contributed by atoms with van der Waals surface area (Å²) in [6.45, 7) is 0. The van der Waals surface area contributed by atoms with Gasteiger partial charge in [0.05, 0.1) is 17.9 Å². The summed E-state index contributed by atoms with van der Waals surface area (Å²) in [5.41, 5.74) is 8.83. The highest BCUT2D eigenvalue weighted by molar-refractivity contribution is 9.10. The molecule has 1 atom stereocenters. The highest BCUT2D eigenvalue weighted by Crippen LogP contribution is 2.28. The number of aromatic nitrogens is 2. The zero-order valence-electron chi connectivity index (χ0n) is 11.1. The summed E-state index contributed by atoms with van der Waals surface area (Å²) in [5, 5.41) is 0. The Morgan fingerprint density at radius 1 is 1.14 bits per heavy atom. The number of nitrogens with zero attached hydrogens (tertiary/aromatic N) is 1. The molecule has 0 saturated carbocycles. The summed E-state index contributed by atoms with van der Waals surface area (Å²) in [6.07, 6.45) is 1.70.